The molecule has 1 aromatic rings. The molecule has 0 fully saturated rings. The average molecular weight is 195 g/mol. The molecule has 0 heterocycles. The number of nitrogens with two attached hydrogens (primary N) is 1. The Morgan fingerprint density at radius 2 is 2.08 bits per heavy atom. The molecule has 2 heteroatoms. The number of rotatable bonds is 3. The molecule has 0 aromatic heterocycles. The van der Waals surface area contributed by atoms with Crippen LogP contribution in [-0.2, 0) is 0 Å². The molecular weight excluding hydrogens is 177 g/mol. The van der Waals surface area contributed by atoms with Gasteiger partial charge >= 0.3 is 0 Å². The van der Waals surface area contributed by atoms with E-state index in [-0.39, 0.29) is 0 Å². The SMILES string of the molecule is CCCC(P)c1cc(C)cc(N)c1. The van der Waals surface area contributed by atoms with E-state index < -0.39 is 0 Å². The Morgan fingerprint density at radius 1 is 1.38 bits per heavy atom. The Kier molecular flexibility index (Phi) is 3.74. The van der Waals surface area contributed by atoms with Gasteiger partial charge in [-0.2, -0.15) is 0 Å². The van der Waals surface area contributed by atoms with Crippen LogP contribution in [0.5, 0.6) is 0 Å². The first-order valence-corrected chi connectivity index (χ1v) is 5.42. The summed E-state index contributed by atoms with van der Waals surface area (Å²) in [5.41, 5.74) is 9.79. The first kappa shape index (κ1) is 10.5. The van der Waals surface area contributed by atoms with Crippen LogP contribution in [0.2, 0.25) is 0 Å². The van der Waals surface area contributed by atoms with Gasteiger partial charge in [-0.15, -0.1) is 9.24 Å². The van der Waals surface area contributed by atoms with E-state index >= 15 is 0 Å². The van der Waals surface area contributed by atoms with E-state index in [1.54, 1.807) is 0 Å². The highest BCUT2D eigenvalue weighted by Gasteiger charge is 2.05. The molecule has 1 aromatic carbocycles. The van der Waals surface area contributed by atoms with Crippen LogP contribution in [0, 0.1) is 6.92 Å². The normalized spacial score (nSPS) is 12.8. The number of nitrogen functional groups attached to an aromatic ring is 1. The summed E-state index contributed by atoms with van der Waals surface area (Å²) in [5, 5.41) is 0. The zero-order valence-electron chi connectivity index (χ0n) is 8.38. The van der Waals surface area contributed by atoms with Crippen LogP contribution >= 0.6 is 9.24 Å². The van der Waals surface area contributed by atoms with Crippen molar-refractivity contribution < 1.29 is 0 Å². The number of aryl methyl sites for hydroxylation is 1. The van der Waals surface area contributed by atoms with Gasteiger partial charge in [-0.25, -0.2) is 0 Å². The van der Waals surface area contributed by atoms with Crippen LogP contribution in [0.25, 0.3) is 0 Å². The maximum atomic E-state index is 5.78. The minimum Gasteiger partial charge on any atom is -0.399 e. The smallest absolute Gasteiger partial charge is 0.0319 e. The van der Waals surface area contributed by atoms with Gasteiger partial charge < -0.3 is 5.73 Å². The lowest BCUT2D eigenvalue weighted by Crippen LogP contribution is -1.93. The molecule has 0 aliphatic carbocycles. The van der Waals surface area contributed by atoms with Gasteiger partial charge in [0.1, 0.15) is 0 Å². The molecular formula is C11H18NP. The molecule has 13 heavy (non-hydrogen) atoms. The summed E-state index contributed by atoms with van der Waals surface area (Å²) in [5.74, 6) is 0. The van der Waals surface area contributed by atoms with E-state index in [1.165, 1.54) is 24.0 Å². The predicted molar refractivity (Wildman–Crippen MR) is 63.0 cm³/mol. The predicted octanol–water partition coefficient (Wildman–Crippen LogP) is 3.29. The third kappa shape index (κ3) is 3.00. The van der Waals surface area contributed by atoms with Crippen LogP contribution in [0.15, 0.2) is 18.2 Å². The quantitative estimate of drug-likeness (QED) is 0.581. The van der Waals surface area contributed by atoms with Crippen molar-refractivity contribution in [3.63, 3.8) is 0 Å². The molecule has 0 amide bonds. The summed E-state index contributed by atoms with van der Waals surface area (Å²) in [6.07, 6.45) is 2.41. The fourth-order valence-corrected chi connectivity index (χ4v) is 2.06. The van der Waals surface area contributed by atoms with Crippen molar-refractivity contribution in [3.8, 4) is 0 Å². The fourth-order valence-electron chi connectivity index (χ4n) is 1.53. The van der Waals surface area contributed by atoms with Gasteiger partial charge in [0.25, 0.3) is 0 Å². The Hall–Kier alpha value is -0.550. The maximum Gasteiger partial charge on any atom is 0.0319 e. The Balaban J connectivity index is 2.87. The van der Waals surface area contributed by atoms with E-state index in [2.05, 4.69) is 35.2 Å². The summed E-state index contributed by atoms with van der Waals surface area (Å²) in [7, 11) is 2.88. The fraction of sp³-hybridized carbons (Fsp3) is 0.455. The van der Waals surface area contributed by atoms with E-state index in [9.17, 15) is 0 Å². The topological polar surface area (TPSA) is 26.0 Å². The van der Waals surface area contributed by atoms with Crippen molar-refractivity contribution in [2.45, 2.75) is 32.3 Å². The number of hydrogen-bond donors (Lipinski definition) is 1. The van der Waals surface area contributed by atoms with Gasteiger partial charge in [0.2, 0.25) is 0 Å². The minimum atomic E-state index is 0.548. The highest BCUT2D eigenvalue weighted by atomic mass is 31.0. The van der Waals surface area contributed by atoms with Gasteiger partial charge in [-0.3, -0.25) is 0 Å². The minimum absolute atomic E-state index is 0.548. The van der Waals surface area contributed by atoms with E-state index in [1.807, 2.05) is 6.07 Å². The molecule has 0 saturated carbocycles. The second-order valence-corrected chi connectivity index (χ2v) is 4.38. The molecule has 0 aliphatic rings. The maximum absolute atomic E-state index is 5.78. The molecule has 72 valence electrons. The molecule has 1 nitrogen and oxygen atoms in total. The summed E-state index contributed by atoms with van der Waals surface area (Å²) in [6.45, 7) is 4.29. The van der Waals surface area contributed by atoms with Crippen molar-refractivity contribution >= 4 is 14.9 Å². The van der Waals surface area contributed by atoms with Gasteiger partial charge in [-0.05, 0) is 42.3 Å². The number of benzene rings is 1. The van der Waals surface area contributed by atoms with Gasteiger partial charge in [-0.1, -0.05) is 19.4 Å². The lowest BCUT2D eigenvalue weighted by atomic mass is 10.0. The van der Waals surface area contributed by atoms with Crippen LogP contribution < -0.4 is 5.73 Å². The first-order chi connectivity index (χ1) is 6.13. The largest absolute Gasteiger partial charge is 0.399 e. The van der Waals surface area contributed by atoms with Gasteiger partial charge in [0.05, 0.1) is 0 Å². The molecule has 0 bridgehead atoms. The summed E-state index contributed by atoms with van der Waals surface area (Å²) >= 11 is 0. The third-order valence-electron chi connectivity index (χ3n) is 2.15. The Bertz CT molecular complexity index is 263. The van der Waals surface area contributed by atoms with Crippen LogP contribution in [0.1, 0.15) is 36.6 Å². The second-order valence-electron chi connectivity index (χ2n) is 3.57. The lowest BCUT2D eigenvalue weighted by Gasteiger charge is -2.11. The molecule has 2 unspecified atom stereocenters. The molecule has 0 aliphatic heterocycles. The van der Waals surface area contributed by atoms with Gasteiger partial charge in [0.15, 0.2) is 0 Å². The van der Waals surface area contributed by atoms with E-state index in [4.69, 9.17) is 5.73 Å². The average Bonchev–Trinajstić information content (AvgIpc) is 2.03. The molecule has 0 radical (unpaired) electrons. The van der Waals surface area contributed by atoms with Crippen molar-refractivity contribution in [3.05, 3.63) is 29.3 Å². The number of anilines is 1. The monoisotopic (exact) mass is 195 g/mol. The highest BCUT2D eigenvalue weighted by molar-refractivity contribution is 7.17. The van der Waals surface area contributed by atoms with Crippen LogP contribution in [-0.4, -0.2) is 0 Å². The van der Waals surface area contributed by atoms with E-state index in [0.717, 1.165) is 5.69 Å². The van der Waals surface area contributed by atoms with Crippen molar-refractivity contribution in [2.75, 3.05) is 5.73 Å². The molecule has 2 atom stereocenters. The standard InChI is InChI=1S/C11H18NP/c1-3-4-11(13)9-5-8(2)6-10(12)7-9/h5-7,11H,3-4,12-13H2,1-2H3. The lowest BCUT2D eigenvalue weighted by molar-refractivity contribution is 0.778. The summed E-state index contributed by atoms with van der Waals surface area (Å²) in [4.78, 5) is 0. The zero-order valence-corrected chi connectivity index (χ0v) is 9.53. The highest BCUT2D eigenvalue weighted by Crippen LogP contribution is 2.29. The number of hydrogen-bond acceptors (Lipinski definition) is 1. The molecule has 0 saturated heterocycles. The van der Waals surface area contributed by atoms with Gasteiger partial charge in [0, 0.05) is 5.69 Å². The van der Waals surface area contributed by atoms with Crippen LogP contribution in [0.3, 0.4) is 0 Å². The summed E-state index contributed by atoms with van der Waals surface area (Å²) < 4.78 is 0. The Labute approximate surface area is 82.9 Å². The molecule has 2 N–H and O–H groups in total. The van der Waals surface area contributed by atoms with E-state index in [0.29, 0.717) is 5.66 Å². The van der Waals surface area contributed by atoms with Crippen molar-refractivity contribution in [1.82, 2.24) is 0 Å². The second kappa shape index (κ2) is 4.62. The van der Waals surface area contributed by atoms with Crippen molar-refractivity contribution in [2.24, 2.45) is 0 Å². The van der Waals surface area contributed by atoms with Crippen LogP contribution in [0.4, 0.5) is 5.69 Å². The molecule has 1 rings (SSSR count). The Morgan fingerprint density at radius 3 is 2.62 bits per heavy atom. The van der Waals surface area contributed by atoms with Crippen molar-refractivity contribution in [1.29, 1.82) is 0 Å². The first-order valence-electron chi connectivity index (χ1n) is 4.76. The third-order valence-corrected chi connectivity index (χ3v) is 2.87. The molecule has 0 spiro atoms. The zero-order chi connectivity index (χ0) is 9.84. The summed E-state index contributed by atoms with van der Waals surface area (Å²) in [6, 6.07) is 6.29.